The summed E-state index contributed by atoms with van der Waals surface area (Å²) >= 11 is 0. The molecule has 0 atom stereocenters. The molecule has 23 heavy (non-hydrogen) atoms. The predicted octanol–water partition coefficient (Wildman–Crippen LogP) is 2.47. The van der Waals surface area contributed by atoms with Crippen molar-refractivity contribution in [1.29, 1.82) is 0 Å². The van der Waals surface area contributed by atoms with E-state index in [1.807, 2.05) is 6.92 Å². The zero-order valence-electron chi connectivity index (χ0n) is 13.8. The van der Waals surface area contributed by atoms with Crippen LogP contribution in [-0.4, -0.2) is 36.7 Å². The number of carbonyl (C=O) groups is 3. The summed E-state index contributed by atoms with van der Waals surface area (Å²) < 4.78 is 14.9. The second kappa shape index (κ2) is 8.50. The Hall–Kier alpha value is -2.11. The highest BCUT2D eigenvalue weighted by Crippen LogP contribution is 2.36. The Morgan fingerprint density at radius 3 is 2.00 bits per heavy atom. The highest BCUT2D eigenvalue weighted by Gasteiger charge is 2.36. The Labute approximate surface area is 136 Å². The molecule has 0 spiro atoms. The second-order valence-electron chi connectivity index (χ2n) is 5.83. The summed E-state index contributed by atoms with van der Waals surface area (Å²) in [5.41, 5.74) is 0.318. The third-order valence-corrected chi connectivity index (χ3v) is 3.77. The summed E-state index contributed by atoms with van der Waals surface area (Å²) in [4.78, 5) is 34.5. The van der Waals surface area contributed by atoms with E-state index in [0.29, 0.717) is 0 Å². The highest BCUT2D eigenvalue weighted by molar-refractivity contribution is 5.88. The standard InChI is InChI=1S/C17H24O6/c1-12(2)16(20)22-10-14(18)21-11-15(19)23-17(13(3)4)8-6-5-7-9-17/h1,3,5-11H2,2,4H3. The average Bonchev–Trinajstić information content (AvgIpc) is 2.51. The van der Waals surface area contributed by atoms with Gasteiger partial charge in [-0.3, -0.25) is 0 Å². The molecule has 1 fully saturated rings. The summed E-state index contributed by atoms with van der Waals surface area (Å²) in [6.07, 6.45) is 4.51. The molecule has 6 heteroatoms. The summed E-state index contributed by atoms with van der Waals surface area (Å²) in [6.45, 7) is 9.52. The molecule has 128 valence electrons. The van der Waals surface area contributed by atoms with Crippen LogP contribution in [0, 0.1) is 0 Å². The van der Waals surface area contributed by atoms with Gasteiger partial charge in [0.05, 0.1) is 0 Å². The lowest BCUT2D eigenvalue weighted by Crippen LogP contribution is -2.39. The van der Waals surface area contributed by atoms with E-state index in [1.54, 1.807) is 0 Å². The van der Waals surface area contributed by atoms with Gasteiger partial charge >= 0.3 is 17.9 Å². The largest absolute Gasteiger partial charge is 0.452 e. The van der Waals surface area contributed by atoms with Crippen molar-refractivity contribution in [3.05, 3.63) is 24.3 Å². The van der Waals surface area contributed by atoms with Crippen LogP contribution in [0.3, 0.4) is 0 Å². The maximum Gasteiger partial charge on any atom is 0.345 e. The van der Waals surface area contributed by atoms with Crippen LogP contribution in [0.5, 0.6) is 0 Å². The Balaban J connectivity index is 2.40. The molecule has 0 aliphatic heterocycles. The van der Waals surface area contributed by atoms with E-state index in [0.717, 1.165) is 37.7 Å². The van der Waals surface area contributed by atoms with Gasteiger partial charge in [-0.15, -0.1) is 0 Å². The number of hydrogen-bond donors (Lipinski definition) is 0. The molecular formula is C17H24O6. The van der Waals surface area contributed by atoms with Crippen LogP contribution in [0.4, 0.5) is 0 Å². The Morgan fingerprint density at radius 2 is 1.48 bits per heavy atom. The van der Waals surface area contributed by atoms with Crippen molar-refractivity contribution in [1.82, 2.24) is 0 Å². The quantitative estimate of drug-likeness (QED) is 0.310. The van der Waals surface area contributed by atoms with Gasteiger partial charge in [0.15, 0.2) is 13.2 Å². The van der Waals surface area contributed by atoms with Crippen molar-refractivity contribution >= 4 is 17.9 Å². The first-order valence-corrected chi connectivity index (χ1v) is 7.63. The molecule has 0 aromatic carbocycles. The van der Waals surface area contributed by atoms with Crippen LogP contribution in [-0.2, 0) is 28.6 Å². The van der Waals surface area contributed by atoms with Gasteiger partial charge in [0, 0.05) is 5.57 Å². The van der Waals surface area contributed by atoms with Gasteiger partial charge in [0.25, 0.3) is 0 Å². The first kappa shape index (κ1) is 18.9. The van der Waals surface area contributed by atoms with Crippen LogP contribution in [0.1, 0.15) is 46.0 Å². The normalized spacial score (nSPS) is 16.1. The Bertz CT molecular complexity index is 499. The fourth-order valence-corrected chi connectivity index (χ4v) is 2.41. The van der Waals surface area contributed by atoms with Crippen molar-refractivity contribution in [2.45, 2.75) is 51.6 Å². The molecule has 0 radical (unpaired) electrons. The van der Waals surface area contributed by atoms with E-state index in [2.05, 4.69) is 17.9 Å². The summed E-state index contributed by atoms with van der Waals surface area (Å²) in [7, 11) is 0. The molecule has 1 aliphatic carbocycles. The smallest absolute Gasteiger partial charge is 0.345 e. The van der Waals surface area contributed by atoms with Crippen LogP contribution in [0.25, 0.3) is 0 Å². The molecule has 0 unspecified atom stereocenters. The molecule has 1 aliphatic rings. The maximum absolute atomic E-state index is 11.9. The predicted molar refractivity (Wildman–Crippen MR) is 83.5 cm³/mol. The van der Waals surface area contributed by atoms with Gasteiger partial charge in [-0.1, -0.05) is 19.6 Å². The van der Waals surface area contributed by atoms with Gasteiger partial charge < -0.3 is 14.2 Å². The van der Waals surface area contributed by atoms with Crippen LogP contribution in [0.2, 0.25) is 0 Å². The SMILES string of the molecule is C=C(C)C(=O)OCC(=O)OCC(=O)OC1(C(=C)C)CCCCC1. The molecule has 0 aromatic rings. The topological polar surface area (TPSA) is 78.9 Å². The lowest BCUT2D eigenvalue weighted by molar-refractivity contribution is -0.171. The van der Waals surface area contributed by atoms with E-state index in [1.165, 1.54) is 6.92 Å². The third kappa shape index (κ3) is 5.88. The van der Waals surface area contributed by atoms with Crippen LogP contribution >= 0.6 is 0 Å². The summed E-state index contributed by atoms with van der Waals surface area (Å²) in [6, 6.07) is 0. The van der Waals surface area contributed by atoms with Gasteiger partial charge in [0.1, 0.15) is 5.60 Å². The number of rotatable bonds is 7. The van der Waals surface area contributed by atoms with E-state index < -0.39 is 36.7 Å². The monoisotopic (exact) mass is 324 g/mol. The van der Waals surface area contributed by atoms with Crippen LogP contribution in [0.15, 0.2) is 24.3 Å². The van der Waals surface area contributed by atoms with E-state index in [4.69, 9.17) is 9.47 Å². The maximum atomic E-state index is 11.9. The van der Waals surface area contributed by atoms with Crippen molar-refractivity contribution < 1.29 is 28.6 Å². The molecule has 0 N–H and O–H groups in total. The lowest BCUT2D eigenvalue weighted by Gasteiger charge is -2.37. The molecule has 0 heterocycles. The molecular weight excluding hydrogens is 300 g/mol. The molecule has 1 rings (SSSR count). The lowest BCUT2D eigenvalue weighted by atomic mass is 9.80. The van der Waals surface area contributed by atoms with Gasteiger partial charge in [-0.25, -0.2) is 14.4 Å². The zero-order chi connectivity index (χ0) is 17.5. The summed E-state index contributed by atoms with van der Waals surface area (Å²) in [5.74, 6) is -2.13. The van der Waals surface area contributed by atoms with E-state index >= 15 is 0 Å². The number of ether oxygens (including phenoxy) is 3. The molecule has 0 amide bonds. The molecule has 0 bridgehead atoms. The Morgan fingerprint density at radius 1 is 0.913 bits per heavy atom. The molecule has 6 nitrogen and oxygen atoms in total. The fourth-order valence-electron chi connectivity index (χ4n) is 2.41. The van der Waals surface area contributed by atoms with Gasteiger partial charge in [-0.2, -0.15) is 0 Å². The second-order valence-corrected chi connectivity index (χ2v) is 5.83. The number of carbonyl (C=O) groups excluding carboxylic acids is 3. The van der Waals surface area contributed by atoms with Gasteiger partial charge in [0.2, 0.25) is 0 Å². The minimum absolute atomic E-state index is 0.179. The van der Waals surface area contributed by atoms with Gasteiger partial charge in [-0.05, 0) is 45.1 Å². The van der Waals surface area contributed by atoms with Crippen molar-refractivity contribution in [2.24, 2.45) is 0 Å². The highest BCUT2D eigenvalue weighted by atomic mass is 16.6. The first-order valence-electron chi connectivity index (χ1n) is 7.63. The minimum Gasteiger partial charge on any atom is -0.452 e. The number of hydrogen-bond acceptors (Lipinski definition) is 6. The number of esters is 3. The Kier molecular flexibility index (Phi) is 7.00. The third-order valence-electron chi connectivity index (χ3n) is 3.77. The first-order chi connectivity index (χ1) is 10.8. The zero-order valence-corrected chi connectivity index (χ0v) is 13.8. The van der Waals surface area contributed by atoms with Crippen molar-refractivity contribution in [3.63, 3.8) is 0 Å². The van der Waals surface area contributed by atoms with Crippen LogP contribution < -0.4 is 0 Å². The van der Waals surface area contributed by atoms with Crippen molar-refractivity contribution in [2.75, 3.05) is 13.2 Å². The average molecular weight is 324 g/mol. The molecule has 0 aromatic heterocycles. The minimum atomic E-state index is -0.815. The molecule has 0 saturated heterocycles. The van der Waals surface area contributed by atoms with Crippen molar-refractivity contribution in [3.8, 4) is 0 Å². The molecule has 1 saturated carbocycles. The van der Waals surface area contributed by atoms with E-state index in [9.17, 15) is 14.4 Å². The fraction of sp³-hybridized carbons (Fsp3) is 0.588. The van der Waals surface area contributed by atoms with E-state index in [-0.39, 0.29) is 5.57 Å². The summed E-state index contributed by atoms with van der Waals surface area (Å²) in [5, 5.41) is 0.